The van der Waals surface area contributed by atoms with Crippen LogP contribution in [0.4, 0.5) is 4.79 Å². The van der Waals surface area contributed by atoms with Crippen molar-refractivity contribution in [1.82, 2.24) is 15.5 Å². The van der Waals surface area contributed by atoms with E-state index in [-0.39, 0.29) is 6.04 Å². The summed E-state index contributed by atoms with van der Waals surface area (Å²) in [4.78, 5) is 52.7. The monoisotopic (exact) mass is 511 g/mol. The Balaban J connectivity index is 2.47. The van der Waals surface area contributed by atoms with Crippen LogP contribution >= 0.6 is 0 Å². The van der Waals surface area contributed by atoms with E-state index in [4.69, 9.17) is 10.5 Å². The second-order valence-corrected chi connectivity index (χ2v) is 10.1. The number of carbonyl (C=O) groups is 4. The van der Waals surface area contributed by atoms with E-state index >= 15 is 0 Å². The number of benzene rings is 1. The fraction of sp³-hybridized carbons (Fsp3) is 0.519. The molecular formula is C27H37N5O5. The molecule has 2 rings (SSSR count). The Hall–Kier alpha value is -3.87. The number of nitrogens with zero attached hydrogens (tertiary/aromatic N) is 2. The van der Waals surface area contributed by atoms with Crippen LogP contribution in [0.25, 0.3) is 6.08 Å². The number of primary amides is 1. The molecular weight excluding hydrogens is 474 g/mol. The first-order valence-corrected chi connectivity index (χ1v) is 12.4. The predicted octanol–water partition coefficient (Wildman–Crippen LogP) is 2.94. The van der Waals surface area contributed by atoms with Crippen molar-refractivity contribution in [2.45, 2.75) is 83.0 Å². The van der Waals surface area contributed by atoms with E-state index in [0.29, 0.717) is 5.56 Å². The second kappa shape index (κ2) is 13.4. The van der Waals surface area contributed by atoms with Crippen LogP contribution in [-0.2, 0) is 19.1 Å². The van der Waals surface area contributed by atoms with Crippen LogP contribution in [0.5, 0.6) is 0 Å². The minimum absolute atomic E-state index is 0.0494. The number of nitrogens with two attached hydrogens (primary N) is 1. The molecule has 0 bridgehead atoms. The molecule has 4 amide bonds. The molecule has 10 heteroatoms. The van der Waals surface area contributed by atoms with Gasteiger partial charge in [-0.3, -0.25) is 14.4 Å². The first-order chi connectivity index (χ1) is 17.4. The average molecular weight is 512 g/mol. The summed E-state index contributed by atoms with van der Waals surface area (Å²) in [6.45, 7) is 8.25. The van der Waals surface area contributed by atoms with Gasteiger partial charge in [-0.25, -0.2) is 4.79 Å². The molecule has 0 radical (unpaired) electrons. The molecule has 2 unspecified atom stereocenters. The van der Waals surface area contributed by atoms with E-state index < -0.39 is 54.5 Å². The third-order valence-corrected chi connectivity index (χ3v) is 5.89. The normalized spacial score (nSPS) is 15.4. The Labute approximate surface area is 218 Å². The third-order valence-electron chi connectivity index (χ3n) is 5.89. The Morgan fingerprint density at radius 1 is 1.24 bits per heavy atom. The first kappa shape index (κ1) is 29.4. The van der Waals surface area contributed by atoms with E-state index in [9.17, 15) is 24.4 Å². The highest BCUT2D eigenvalue weighted by atomic mass is 16.6. The van der Waals surface area contributed by atoms with Crippen LogP contribution in [-0.4, -0.2) is 52.9 Å². The topological polar surface area (TPSA) is 155 Å². The summed E-state index contributed by atoms with van der Waals surface area (Å²) in [6.07, 6.45) is 4.86. The van der Waals surface area contributed by atoms with Gasteiger partial charge in [-0.2, -0.15) is 5.26 Å². The number of nitriles is 1. The van der Waals surface area contributed by atoms with Crippen molar-refractivity contribution < 1.29 is 23.9 Å². The smallest absolute Gasteiger partial charge is 0.408 e. The van der Waals surface area contributed by atoms with Crippen molar-refractivity contribution in [3.05, 3.63) is 42.0 Å². The van der Waals surface area contributed by atoms with Crippen molar-refractivity contribution in [3.63, 3.8) is 0 Å². The lowest BCUT2D eigenvalue weighted by atomic mass is 9.94. The summed E-state index contributed by atoms with van der Waals surface area (Å²) in [7, 11) is 0. The SMILES string of the molecule is C=Cc1cccc(C(C(=O)NC2CCCCC2)N(CC#N)C(=O)C(CC(N)=O)NC(=O)OC(C)(C)C)c1. The molecule has 1 aromatic carbocycles. The van der Waals surface area contributed by atoms with Gasteiger partial charge in [0.25, 0.3) is 0 Å². The van der Waals surface area contributed by atoms with Gasteiger partial charge in [-0.1, -0.05) is 50.1 Å². The van der Waals surface area contributed by atoms with Gasteiger partial charge in [-0.05, 0) is 50.8 Å². The number of nitrogens with one attached hydrogen (secondary N) is 2. The van der Waals surface area contributed by atoms with E-state index in [1.807, 2.05) is 6.07 Å². The molecule has 1 fully saturated rings. The predicted molar refractivity (Wildman–Crippen MR) is 139 cm³/mol. The number of alkyl carbamates (subject to hydrolysis) is 1. The molecule has 0 saturated heterocycles. The molecule has 4 N–H and O–H groups in total. The van der Waals surface area contributed by atoms with Crippen LogP contribution < -0.4 is 16.4 Å². The summed E-state index contributed by atoms with van der Waals surface area (Å²) in [5.41, 5.74) is 5.69. The highest BCUT2D eigenvalue weighted by Gasteiger charge is 2.37. The molecule has 1 aliphatic rings. The lowest BCUT2D eigenvalue weighted by Gasteiger charge is -2.34. The highest BCUT2D eigenvalue weighted by molar-refractivity contribution is 5.94. The van der Waals surface area contributed by atoms with Crippen molar-refractivity contribution in [1.29, 1.82) is 5.26 Å². The largest absolute Gasteiger partial charge is 0.444 e. The van der Waals surface area contributed by atoms with Crippen molar-refractivity contribution in [3.8, 4) is 6.07 Å². The van der Waals surface area contributed by atoms with Gasteiger partial charge in [0.1, 0.15) is 24.2 Å². The van der Waals surface area contributed by atoms with Gasteiger partial charge in [0.2, 0.25) is 17.7 Å². The second-order valence-electron chi connectivity index (χ2n) is 10.1. The van der Waals surface area contributed by atoms with Crippen molar-refractivity contribution in [2.75, 3.05) is 6.54 Å². The van der Waals surface area contributed by atoms with Gasteiger partial charge in [0.05, 0.1) is 12.5 Å². The average Bonchev–Trinajstić information content (AvgIpc) is 2.82. The minimum atomic E-state index is -1.44. The first-order valence-electron chi connectivity index (χ1n) is 12.4. The number of rotatable bonds is 10. The molecule has 0 aliphatic heterocycles. The molecule has 1 aliphatic carbocycles. The lowest BCUT2D eigenvalue weighted by molar-refractivity contribution is -0.143. The maximum atomic E-state index is 13.7. The zero-order valence-corrected chi connectivity index (χ0v) is 21.8. The summed E-state index contributed by atoms with van der Waals surface area (Å²) in [5.74, 6) is -2.10. The van der Waals surface area contributed by atoms with Gasteiger partial charge in [0.15, 0.2) is 0 Å². The van der Waals surface area contributed by atoms with E-state index in [2.05, 4.69) is 17.2 Å². The van der Waals surface area contributed by atoms with Gasteiger partial charge in [-0.15, -0.1) is 0 Å². The zero-order chi connectivity index (χ0) is 27.6. The fourth-order valence-corrected chi connectivity index (χ4v) is 4.28. The fourth-order valence-electron chi connectivity index (χ4n) is 4.28. The number of ether oxygens (including phenoxy) is 1. The summed E-state index contributed by atoms with van der Waals surface area (Å²) in [5, 5.41) is 15.0. The minimum Gasteiger partial charge on any atom is -0.444 e. The van der Waals surface area contributed by atoms with Crippen LogP contribution in [0.1, 0.15) is 76.5 Å². The van der Waals surface area contributed by atoms with Crippen molar-refractivity contribution in [2.24, 2.45) is 5.73 Å². The molecule has 200 valence electrons. The van der Waals surface area contributed by atoms with E-state index in [1.54, 1.807) is 51.1 Å². The van der Waals surface area contributed by atoms with Crippen LogP contribution in [0.15, 0.2) is 30.8 Å². The maximum Gasteiger partial charge on any atom is 0.408 e. The zero-order valence-electron chi connectivity index (χ0n) is 21.8. The Morgan fingerprint density at radius 3 is 2.49 bits per heavy atom. The molecule has 1 aromatic rings. The third kappa shape index (κ3) is 9.26. The Bertz CT molecular complexity index is 1040. The molecule has 37 heavy (non-hydrogen) atoms. The van der Waals surface area contributed by atoms with Crippen LogP contribution in [0, 0.1) is 11.3 Å². The van der Waals surface area contributed by atoms with Gasteiger partial charge in [0, 0.05) is 6.04 Å². The molecule has 2 atom stereocenters. The van der Waals surface area contributed by atoms with Crippen LogP contribution in [0.3, 0.4) is 0 Å². The lowest BCUT2D eigenvalue weighted by Crippen LogP contribution is -2.54. The van der Waals surface area contributed by atoms with Gasteiger partial charge >= 0.3 is 6.09 Å². The summed E-state index contributed by atoms with van der Waals surface area (Å²) in [6, 6.07) is 6.16. The Morgan fingerprint density at radius 2 is 1.92 bits per heavy atom. The molecule has 1 saturated carbocycles. The van der Waals surface area contributed by atoms with Crippen LogP contribution in [0.2, 0.25) is 0 Å². The quantitative estimate of drug-likeness (QED) is 0.410. The number of amides is 4. The molecule has 0 aromatic heterocycles. The number of carbonyl (C=O) groups excluding carboxylic acids is 4. The Kier molecular flexibility index (Phi) is 10.7. The number of hydrogen-bond donors (Lipinski definition) is 3. The van der Waals surface area contributed by atoms with Crippen molar-refractivity contribution >= 4 is 29.9 Å². The number of hydrogen-bond acceptors (Lipinski definition) is 6. The standard InChI is InChI=1S/C27H37N5O5/c1-5-18-10-9-11-19(16-18)23(24(34)30-20-12-7-6-8-13-20)32(15-14-28)25(35)21(17-22(29)33)31-26(36)37-27(2,3)4/h5,9-11,16,20-21,23H,1,6-8,12-13,15,17H2,2-4H3,(H2,29,33)(H,30,34)(H,31,36). The van der Waals surface area contributed by atoms with E-state index in [0.717, 1.165) is 42.6 Å². The summed E-state index contributed by atoms with van der Waals surface area (Å²) >= 11 is 0. The maximum absolute atomic E-state index is 13.7. The van der Waals surface area contributed by atoms with E-state index in [1.165, 1.54) is 0 Å². The highest BCUT2D eigenvalue weighted by Crippen LogP contribution is 2.26. The molecule has 0 spiro atoms. The summed E-state index contributed by atoms with van der Waals surface area (Å²) < 4.78 is 5.23. The molecule has 10 nitrogen and oxygen atoms in total. The van der Waals surface area contributed by atoms with Gasteiger partial charge < -0.3 is 26.0 Å². The molecule has 0 heterocycles.